The molecule has 19 heavy (non-hydrogen) atoms. The Morgan fingerprint density at radius 1 is 1.05 bits per heavy atom. The number of hydrogen-bond acceptors (Lipinski definition) is 3. The van der Waals surface area contributed by atoms with Crippen molar-refractivity contribution in [3.05, 3.63) is 0 Å². The molecule has 0 bridgehead atoms. The Balaban J connectivity index is 1.88. The Kier molecular flexibility index (Phi) is 4.21. The van der Waals surface area contributed by atoms with Gasteiger partial charge in [-0.2, -0.15) is 0 Å². The van der Waals surface area contributed by atoms with Gasteiger partial charge in [-0.05, 0) is 46.2 Å². The highest BCUT2D eigenvalue weighted by Crippen LogP contribution is 2.37. The predicted octanol–water partition coefficient (Wildman–Crippen LogP) is 1.59. The summed E-state index contributed by atoms with van der Waals surface area (Å²) >= 11 is 0. The van der Waals surface area contributed by atoms with Crippen molar-refractivity contribution in [2.75, 3.05) is 27.7 Å². The average Bonchev–Trinajstić information content (AvgIpc) is 2.69. The minimum Gasteiger partial charge on any atom is -0.344 e. The fourth-order valence-corrected chi connectivity index (χ4v) is 3.55. The summed E-state index contributed by atoms with van der Waals surface area (Å²) in [5.41, 5.74) is 6.29. The van der Waals surface area contributed by atoms with Gasteiger partial charge >= 0.3 is 0 Å². The number of nitrogens with two attached hydrogens (primary N) is 1. The third-order valence-electron chi connectivity index (χ3n) is 5.29. The second-order valence-corrected chi connectivity index (χ2v) is 6.97. The van der Waals surface area contributed by atoms with Crippen molar-refractivity contribution in [3.63, 3.8) is 0 Å². The van der Waals surface area contributed by atoms with E-state index in [-0.39, 0.29) is 17.0 Å². The highest BCUT2D eigenvalue weighted by Gasteiger charge is 2.41. The van der Waals surface area contributed by atoms with Crippen LogP contribution in [0.4, 0.5) is 0 Å². The van der Waals surface area contributed by atoms with Crippen molar-refractivity contribution in [3.8, 4) is 0 Å². The molecular formula is C15H29N3O. The lowest BCUT2D eigenvalue weighted by molar-refractivity contribution is -0.133. The van der Waals surface area contributed by atoms with Gasteiger partial charge in [0.15, 0.2) is 0 Å². The fraction of sp³-hybridized carbons (Fsp3) is 0.933. The number of carbonyl (C=O) groups excluding carboxylic acids is 1. The van der Waals surface area contributed by atoms with Crippen molar-refractivity contribution < 1.29 is 4.79 Å². The van der Waals surface area contributed by atoms with Gasteiger partial charge < -0.3 is 15.5 Å². The first-order valence-electron chi connectivity index (χ1n) is 7.57. The smallest absolute Gasteiger partial charge is 0.224 e. The van der Waals surface area contributed by atoms with Crippen LogP contribution in [0.1, 0.15) is 51.4 Å². The Bertz CT molecular complexity index is 330. The third kappa shape index (κ3) is 3.11. The molecule has 0 unspecified atom stereocenters. The summed E-state index contributed by atoms with van der Waals surface area (Å²) in [5.74, 6) is 0.220. The molecular weight excluding hydrogens is 238 g/mol. The van der Waals surface area contributed by atoms with E-state index in [9.17, 15) is 4.79 Å². The van der Waals surface area contributed by atoms with Crippen molar-refractivity contribution in [1.82, 2.24) is 9.80 Å². The van der Waals surface area contributed by atoms with E-state index < -0.39 is 0 Å². The molecule has 2 rings (SSSR count). The number of rotatable bonds is 5. The van der Waals surface area contributed by atoms with Gasteiger partial charge in [0.2, 0.25) is 5.91 Å². The van der Waals surface area contributed by atoms with E-state index in [2.05, 4.69) is 19.0 Å². The molecule has 2 aliphatic carbocycles. The fourth-order valence-electron chi connectivity index (χ4n) is 3.55. The van der Waals surface area contributed by atoms with Gasteiger partial charge in [0.1, 0.15) is 0 Å². The molecule has 0 atom stereocenters. The SMILES string of the molecule is CN(CC1(N(C)C)CCC1)C(=O)CC1(N)CCCC1. The molecule has 2 N–H and O–H groups in total. The largest absolute Gasteiger partial charge is 0.344 e. The lowest BCUT2D eigenvalue weighted by Crippen LogP contribution is -2.58. The number of amides is 1. The molecule has 0 aromatic rings. The Labute approximate surface area is 117 Å². The van der Waals surface area contributed by atoms with E-state index in [0.29, 0.717) is 6.42 Å². The van der Waals surface area contributed by atoms with Crippen LogP contribution in [0.2, 0.25) is 0 Å². The molecule has 0 saturated heterocycles. The summed E-state index contributed by atoms with van der Waals surface area (Å²) in [7, 11) is 6.18. The first-order valence-corrected chi connectivity index (χ1v) is 7.57. The normalized spacial score (nSPS) is 24.3. The summed E-state index contributed by atoms with van der Waals surface area (Å²) < 4.78 is 0. The van der Waals surface area contributed by atoms with E-state index in [1.54, 1.807) is 0 Å². The van der Waals surface area contributed by atoms with Crippen molar-refractivity contribution in [1.29, 1.82) is 0 Å². The molecule has 2 aliphatic rings. The van der Waals surface area contributed by atoms with E-state index in [4.69, 9.17) is 5.73 Å². The van der Waals surface area contributed by atoms with E-state index in [1.165, 1.54) is 32.1 Å². The van der Waals surface area contributed by atoms with Crippen LogP contribution in [0.5, 0.6) is 0 Å². The van der Waals surface area contributed by atoms with Crippen LogP contribution in [-0.4, -0.2) is 54.5 Å². The second kappa shape index (κ2) is 5.41. The number of carbonyl (C=O) groups is 1. The molecule has 0 radical (unpaired) electrons. The minimum atomic E-state index is -0.226. The van der Waals surface area contributed by atoms with Gasteiger partial charge in [0, 0.05) is 31.1 Å². The minimum absolute atomic E-state index is 0.210. The maximum Gasteiger partial charge on any atom is 0.224 e. The zero-order chi connectivity index (χ0) is 14.1. The van der Waals surface area contributed by atoms with Gasteiger partial charge in [0.25, 0.3) is 0 Å². The van der Waals surface area contributed by atoms with E-state index in [1.807, 2.05) is 11.9 Å². The number of hydrogen-bond donors (Lipinski definition) is 1. The summed E-state index contributed by atoms with van der Waals surface area (Å²) in [6, 6.07) is 0. The highest BCUT2D eigenvalue weighted by molar-refractivity contribution is 5.77. The Morgan fingerprint density at radius 2 is 1.63 bits per heavy atom. The summed E-state index contributed by atoms with van der Waals surface area (Å²) in [4.78, 5) is 16.6. The quantitative estimate of drug-likeness (QED) is 0.823. The van der Waals surface area contributed by atoms with Crippen LogP contribution < -0.4 is 5.73 Å². The lowest BCUT2D eigenvalue weighted by Gasteiger charge is -2.49. The van der Waals surface area contributed by atoms with Crippen LogP contribution in [0.15, 0.2) is 0 Å². The second-order valence-electron chi connectivity index (χ2n) is 6.97. The zero-order valence-electron chi connectivity index (χ0n) is 12.7. The predicted molar refractivity (Wildman–Crippen MR) is 77.9 cm³/mol. The molecule has 2 fully saturated rings. The maximum atomic E-state index is 12.4. The Morgan fingerprint density at radius 3 is 2.05 bits per heavy atom. The van der Waals surface area contributed by atoms with Gasteiger partial charge in [-0.1, -0.05) is 12.8 Å². The van der Waals surface area contributed by atoms with E-state index in [0.717, 1.165) is 19.4 Å². The van der Waals surface area contributed by atoms with Crippen LogP contribution in [0, 0.1) is 0 Å². The molecule has 110 valence electrons. The number of nitrogens with zero attached hydrogens (tertiary/aromatic N) is 2. The molecule has 0 heterocycles. The summed E-state index contributed by atoms with van der Waals surface area (Å²) in [6.07, 6.45) is 8.56. The van der Waals surface area contributed by atoms with Gasteiger partial charge in [-0.15, -0.1) is 0 Å². The maximum absolute atomic E-state index is 12.4. The van der Waals surface area contributed by atoms with Crippen molar-refractivity contribution >= 4 is 5.91 Å². The molecule has 4 heteroatoms. The standard InChI is InChI=1S/C15H29N3O/c1-17(2)15(9-6-10-15)12-18(3)13(19)11-14(16)7-4-5-8-14/h4-12,16H2,1-3H3. The third-order valence-corrected chi connectivity index (χ3v) is 5.29. The molecule has 4 nitrogen and oxygen atoms in total. The lowest BCUT2D eigenvalue weighted by atomic mass is 9.75. The van der Waals surface area contributed by atoms with Crippen LogP contribution >= 0.6 is 0 Å². The zero-order valence-corrected chi connectivity index (χ0v) is 12.7. The Hall–Kier alpha value is -0.610. The molecule has 0 spiro atoms. The number of likely N-dealkylation sites (N-methyl/N-ethyl adjacent to an activating group) is 2. The molecule has 0 aromatic carbocycles. The highest BCUT2D eigenvalue weighted by atomic mass is 16.2. The van der Waals surface area contributed by atoms with Gasteiger partial charge in [0.05, 0.1) is 0 Å². The molecule has 0 aromatic heterocycles. The molecule has 1 amide bonds. The van der Waals surface area contributed by atoms with Gasteiger partial charge in [-0.3, -0.25) is 4.79 Å². The summed E-state index contributed by atoms with van der Waals surface area (Å²) in [5, 5.41) is 0. The van der Waals surface area contributed by atoms with Crippen LogP contribution in [0.3, 0.4) is 0 Å². The van der Waals surface area contributed by atoms with Crippen LogP contribution in [-0.2, 0) is 4.79 Å². The topological polar surface area (TPSA) is 49.6 Å². The molecule has 0 aliphatic heterocycles. The molecule has 2 saturated carbocycles. The monoisotopic (exact) mass is 267 g/mol. The van der Waals surface area contributed by atoms with Crippen LogP contribution in [0.25, 0.3) is 0 Å². The van der Waals surface area contributed by atoms with Gasteiger partial charge in [-0.25, -0.2) is 0 Å². The van der Waals surface area contributed by atoms with Crippen molar-refractivity contribution in [2.45, 2.75) is 62.4 Å². The first-order chi connectivity index (χ1) is 8.87. The van der Waals surface area contributed by atoms with E-state index >= 15 is 0 Å². The van der Waals surface area contributed by atoms with Crippen molar-refractivity contribution in [2.24, 2.45) is 5.73 Å². The first kappa shape index (κ1) is 14.8. The summed E-state index contributed by atoms with van der Waals surface area (Å²) in [6.45, 7) is 0.842. The average molecular weight is 267 g/mol.